The van der Waals surface area contributed by atoms with Gasteiger partial charge in [0.2, 0.25) is 5.91 Å². The first kappa shape index (κ1) is 21.8. The molecule has 33 heavy (non-hydrogen) atoms. The van der Waals surface area contributed by atoms with E-state index in [1.165, 1.54) is 22.6 Å². The fraction of sp³-hybridized carbons (Fsp3) is 0.440. The van der Waals surface area contributed by atoms with Crippen LogP contribution in [0, 0.1) is 6.92 Å². The number of amides is 2. The molecular weight excluding hydrogens is 434 g/mol. The van der Waals surface area contributed by atoms with Gasteiger partial charge >= 0.3 is 0 Å². The van der Waals surface area contributed by atoms with E-state index < -0.39 is 0 Å². The first-order valence-corrected chi connectivity index (χ1v) is 12.6. The molecule has 0 spiro atoms. The van der Waals surface area contributed by atoms with E-state index >= 15 is 0 Å². The van der Waals surface area contributed by atoms with Crippen molar-refractivity contribution in [1.82, 2.24) is 20.1 Å². The van der Waals surface area contributed by atoms with Crippen LogP contribution in [0.15, 0.2) is 24.5 Å². The van der Waals surface area contributed by atoms with Gasteiger partial charge in [0, 0.05) is 29.5 Å². The van der Waals surface area contributed by atoms with Gasteiger partial charge < -0.3 is 10.6 Å². The maximum Gasteiger partial charge on any atom is 0.254 e. The summed E-state index contributed by atoms with van der Waals surface area (Å²) in [6.45, 7) is 2.61. The van der Waals surface area contributed by atoms with Crippen LogP contribution in [-0.2, 0) is 43.6 Å². The van der Waals surface area contributed by atoms with E-state index in [1.54, 1.807) is 23.7 Å². The normalized spacial score (nSPS) is 14.9. The Balaban J connectivity index is 1.35. The molecule has 0 bridgehead atoms. The van der Waals surface area contributed by atoms with Crippen molar-refractivity contribution >= 4 is 28.2 Å². The molecule has 7 nitrogen and oxygen atoms in total. The van der Waals surface area contributed by atoms with Crippen LogP contribution >= 0.6 is 11.3 Å². The van der Waals surface area contributed by atoms with Gasteiger partial charge in [-0.2, -0.15) is 5.10 Å². The molecule has 0 saturated heterocycles. The number of aromatic nitrogens is 3. The molecule has 2 aliphatic carbocycles. The average molecular weight is 464 g/mol. The number of thiophene rings is 1. The fourth-order valence-electron chi connectivity index (χ4n) is 4.97. The summed E-state index contributed by atoms with van der Waals surface area (Å²) in [5.74, 6) is -0.272. The first-order valence-electron chi connectivity index (χ1n) is 11.8. The number of carbonyl (C=O) groups is 2. The van der Waals surface area contributed by atoms with E-state index in [-0.39, 0.29) is 18.4 Å². The molecule has 8 heteroatoms. The number of hydrogen-bond donors (Lipinski definition) is 2. The molecule has 0 fully saturated rings. The minimum Gasteiger partial charge on any atom is -0.348 e. The summed E-state index contributed by atoms with van der Waals surface area (Å²) >= 11 is 1.55. The highest BCUT2D eigenvalue weighted by molar-refractivity contribution is 7.17. The van der Waals surface area contributed by atoms with Crippen LogP contribution in [0.3, 0.4) is 0 Å². The minimum atomic E-state index is -0.138. The van der Waals surface area contributed by atoms with Gasteiger partial charge in [0.25, 0.3) is 5.91 Å². The van der Waals surface area contributed by atoms with Gasteiger partial charge in [0.1, 0.15) is 11.5 Å². The molecule has 2 N–H and O–H groups in total. The summed E-state index contributed by atoms with van der Waals surface area (Å²) < 4.78 is 1.86. The summed E-state index contributed by atoms with van der Waals surface area (Å²) in [6.07, 6.45) is 11.8. The van der Waals surface area contributed by atoms with Gasteiger partial charge in [-0.25, -0.2) is 0 Å². The number of pyridine rings is 1. The van der Waals surface area contributed by atoms with Crippen LogP contribution in [0.4, 0.5) is 5.00 Å². The molecule has 172 valence electrons. The summed E-state index contributed by atoms with van der Waals surface area (Å²) in [6, 6.07) is 3.79. The Kier molecular flexibility index (Phi) is 6.26. The molecule has 0 aromatic carbocycles. The highest BCUT2D eigenvalue weighted by Crippen LogP contribution is 2.38. The predicted molar refractivity (Wildman–Crippen MR) is 129 cm³/mol. The lowest BCUT2D eigenvalue weighted by Gasteiger charge is -2.14. The maximum absolute atomic E-state index is 13.2. The van der Waals surface area contributed by atoms with E-state index in [0.717, 1.165) is 61.8 Å². The Morgan fingerprint density at radius 3 is 2.70 bits per heavy atom. The SMILES string of the molecule is Cc1nn(CC(=O)Nc2sc3c(c2C(=O)NCc2cccnc2)CCCC3)c2c1CCCC2. The molecule has 0 aliphatic heterocycles. The third-order valence-corrected chi connectivity index (χ3v) is 7.79. The Morgan fingerprint density at radius 2 is 1.88 bits per heavy atom. The smallest absolute Gasteiger partial charge is 0.254 e. The second-order valence-electron chi connectivity index (χ2n) is 8.88. The zero-order valence-electron chi connectivity index (χ0n) is 18.9. The van der Waals surface area contributed by atoms with Crippen molar-refractivity contribution in [2.45, 2.75) is 71.4 Å². The van der Waals surface area contributed by atoms with Gasteiger partial charge in [-0.1, -0.05) is 6.07 Å². The quantitative estimate of drug-likeness (QED) is 0.579. The Morgan fingerprint density at radius 1 is 1.09 bits per heavy atom. The number of fused-ring (bicyclic) bond motifs is 2. The third kappa shape index (κ3) is 4.57. The van der Waals surface area contributed by atoms with Crippen LogP contribution in [0.5, 0.6) is 0 Å². The van der Waals surface area contributed by atoms with Crippen LogP contribution < -0.4 is 10.6 Å². The number of nitrogens with one attached hydrogen (secondary N) is 2. The number of rotatable bonds is 6. The molecule has 3 heterocycles. The second-order valence-corrected chi connectivity index (χ2v) is 9.99. The van der Waals surface area contributed by atoms with Crippen molar-refractivity contribution in [3.8, 4) is 0 Å². The van der Waals surface area contributed by atoms with Gasteiger partial charge in [-0.05, 0) is 81.0 Å². The summed E-state index contributed by atoms with van der Waals surface area (Å²) in [5, 5.41) is 11.4. The summed E-state index contributed by atoms with van der Waals surface area (Å²) in [5.41, 5.74) is 6.19. The van der Waals surface area contributed by atoms with Crippen molar-refractivity contribution in [3.05, 3.63) is 63.0 Å². The van der Waals surface area contributed by atoms with Crippen LogP contribution in [-0.4, -0.2) is 26.6 Å². The molecule has 0 saturated carbocycles. The lowest BCUT2D eigenvalue weighted by molar-refractivity contribution is -0.116. The Labute approximate surface area is 197 Å². The van der Waals surface area contributed by atoms with Crippen molar-refractivity contribution in [3.63, 3.8) is 0 Å². The van der Waals surface area contributed by atoms with Crippen LogP contribution in [0.2, 0.25) is 0 Å². The lowest BCUT2D eigenvalue weighted by atomic mass is 9.95. The van der Waals surface area contributed by atoms with Crippen LogP contribution in [0.25, 0.3) is 0 Å². The molecule has 2 amide bonds. The first-order chi connectivity index (χ1) is 16.1. The molecule has 0 atom stereocenters. The zero-order chi connectivity index (χ0) is 22.8. The number of anilines is 1. The van der Waals surface area contributed by atoms with Gasteiger partial charge in [-0.3, -0.25) is 19.3 Å². The van der Waals surface area contributed by atoms with Gasteiger partial charge in [0.05, 0.1) is 11.3 Å². The van der Waals surface area contributed by atoms with E-state index in [2.05, 4.69) is 20.7 Å². The highest BCUT2D eigenvalue weighted by atomic mass is 32.1. The van der Waals surface area contributed by atoms with Crippen LogP contribution in [0.1, 0.15) is 69.0 Å². The molecule has 0 radical (unpaired) electrons. The van der Waals surface area contributed by atoms with Crippen molar-refractivity contribution in [2.24, 2.45) is 0 Å². The number of nitrogens with zero attached hydrogens (tertiary/aromatic N) is 3. The third-order valence-electron chi connectivity index (χ3n) is 6.58. The van der Waals surface area contributed by atoms with E-state index in [4.69, 9.17) is 0 Å². The second kappa shape index (κ2) is 9.47. The minimum absolute atomic E-state index is 0.134. The number of aryl methyl sites for hydroxylation is 2. The molecule has 3 aromatic heterocycles. The number of carbonyl (C=O) groups excluding carboxylic acids is 2. The molecular formula is C25H29N5O2S. The average Bonchev–Trinajstić information content (AvgIpc) is 3.35. The lowest BCUT2D eigenvalue weighted by Crippen LogP contribution is -2.26. The van der Waals surface area contributed by atoms with E-state index in [0.29, 0.717) is 17.1 Å². The predicted octanol–water partition coefficient (Wildman–Crippen LogP) is 3.97. The standard InChI is InChI=1S/C25H29N5O2S/c1-16-18-8-2-4-10-20(18)30(29-16)15-22(31)28-25-23(19-9-3-5-11-21(19)33-25)24(32)27-14-17-7-6-12-26-13-17/h6-7,12-13H,2-5,8-11,14-15H2,1H3,(H,27,32)(H,28,31). The van der Waals surface area contributed by atoms with Crippen molar-refractivity contribution in [2.75, 3.05) is 5.32 Å². The number of hydrogen-bond acceptors (Lipinski definition) is 5. The molecule has 3 aromatic rings. The summed E-state index contributed by atoms with van der Waals surface area (Å²) in [4.78, 5) is 31.6. The fourth-order valence-corrected chi connectivity index (χ4v) is 6.27. The topological polar surface area (TPSA) is 88.9 Å². The van der Waals surface area contributed by atoms with E-state index in [9.17, 15) is 9.59 Å². The van der Waals surface area contributed by atoms with Crippen molar-refractivity contribution < 1.29 is 9.59 Å². The van der Waals surface area contributed by atoms with E-state index in [1.807, 2.05) is 23.7 Å². The van der Waals surface area contributed by atoms with Crippen molar-refractivity contribution in [1.29, 1.82) is 0 Å². The highest BCUT2D eigenvalue weighted by Gasteiger charge is 2.27. The zero-order valence-corrected chi connectivity index (χ0v) is 19.8. The van der Waals surface area contributed by atoms with Gasteiger partial charge in [0.15, 0.2) is 0 Å². The Hall–Kier alpha value is -3.00. The monoisotopic (exact) mass is 463 g/mol. The summed E-state index contributed by atoms with van der Waals surface area (Å²) in [7, 11) is 0. The largest absolute Gasteiger partial charge is 0.348 e. The molecule has 5 rings (SSSR count). The molecule has 2 aliphatic rings. The Bertz CT molecular complexity index is 1180. The maximum atomic E-state index is 13.2. The van der Waals surface area contributed by atoms with Gasteiger partial charge in [-0.15, -0.1) is 11.3 Å². The molecule has 0 unspecified atom stereocenters.